The molecule has 0 unspecified atom stereocenters. The van der Waals surface area contributed by atoms with E-state index in [1.165, 1.54) is 87.6 Å². The van der Waals surface area contributed by atoms with E-state index in [9.17, 15) is 0 Å². The Hall–Kier alpha value is -8.72. The molecule has 2 heterocycles. The predicted octanol–water partition coefficient (Wildman–Crippen LogP) is 17.4. The molecule has 0 spiro atoms. The lowest BCUT2D eigenvalue weighted by molar-refractivity contribution is 1.37. The molecular weight excluding hydrogens is 797 g/mol. The molecule has 2 nitrogen and oxygen atoms in total. The monoisotopic (exact) mass is 836 g/mol. The van der Waals surface area contributed by atoms with Crippen LogP contribution in [0.3, 0.4) is 0 Å². The Bertz CT molecular complexity index is 3970. The minimum Gasteiger partial charge on any atom is -0.245 e. The van der Waals surface area contributed by atoms with Crippen molar-refractivity contribution in [3.05, 3.63) is 243 Å². The van der Waals surface area contributed by atoms with Crippen molar-refractivity contribution in [2.75, 3.05) is 0 Å². The summed E-state index contributed by atoms with van der Waals surface area (Å²) in [6, 6.07) is 87.8. The Kier molecular flexibility index (Phi) is 8.89. The second kappa shape index (κ2) is 15.5. The zero-order chi connectivity index (χ0) is 43.6. The number of benzene rings is 11. The van der Waals surface area contributed by atoms with Gasteiger partial charge in [-0.2, -0.15) is 0 Å². The second-order valence-electron chi connectivity index (χ2n) is 17.2. The van der Waals surface area contributed by atoms with Crippen molar-refractivity contribution in [3.8, 4) is 67.0 Å². The van der Waals surface area contributed by atoms with Crippen molar-refractivity contribution in [1.29, 1.82) is 0 Å². The van der Waals surface area contributed by atoms with Gasteiger partial charge in [-0.3, -0.25) is 0 Å². The van der Waals surface area contributed by atoms with Gasteiger partial charge in [-0.05, 0) is 112 Å². The molecule has 0 atom stereocenters. The average Bonchev–Trinajstić information content (AvgIpc) is 3.39. The first-order chi connectivity index (χ1) is 32.7. The van der Waals surface area contributed by atoms with Crippen molar-refractivity contribution < 1.29 is 0 Å². The SMILES string of the molecule is c1ccc(-c2ccc3ccc4ccc(-c5c6ccccc6c(-c6cccc(-c7ccc8c(-c9ccccc9)c9ccccc9c(-c9ccccc9)c8c7)c6)c6ccccc56)nc4c3n2)cc1. The molecule has 13 rings (SSSR count). The fourth-order valence-electron chi connectivity index (χ4n) is 10.4. The number of aromatic nitrogens is 2. The number of pyridine rings is 2. The van der Waals surface area contributed by atoms with E-state index < -0.39 is 0 Å². The van der Waals surface area contributed by atoms with Crippen LogP contribution in [0.25, 0.3) is 132 Å². The molecule has 11 aromatic carbocycles. The molecule has 0 saturated carbocycles. The van der Waals surface area contributed by atoms with Gasteiger partial charge in [-0.15, -0.1) is 0 Å². The van der Waals surface area contributed by atoms with E-state index in [2.05, 4.69) is 237 Å². The summed E-state index contributed by atoms with van der Waals surface area (Å²) in [5.74, 6) is 0. The van der Waals surface area contributed by atoms with Crippen molar-refractivity contribution in [2.24, 2.45) is 0 Å². The zero-order valence-electron chi connectivity index (χ0n) is 36.0. The molecule has 0 bridgehead atoms. The van der Waals surface area contributed by atoms with Crippen molar-refractivity contribution in [2.45, 2.75) is 0 Å². The molecule has 306 valence electrons. The van der Waals surface area contributed by atoms with Gasteiger partial charge >= 0.3 is 0 Å². The van der Waals surface area contributed by atoms with Crippen LogP contribution in [0.5, 0.6) is 0 Å². The number of hydrogen-bond donors (Lipinski definition) is 0. The summed E-state index contributed by atoms with van der Waals surface area (Å²) < 4.78 is 0. The lowest BCUT2D eigenvalue weighted by Gasteiger charge is -2.19. The van der Waals surface area contributed by atoms with Crippen LogP contribution in [0.4, 0.5) is 0 Å². The van der Waals surface area contributed by atoms with Gasteiger partial charge in [-0.1, -0.05) is 218 Å². The molecule has 0 aliphatic heterocycles. The summed E-state index contributed by atoms with van der Waals surface area (Å²) in [6.07, 6.45) is 0. The van der Waals surface area contributed by atoms with E-state index in [1.54, 1.807) is 0 Å². The van der Waals surface area contributed by atoms with Crippen LogP contribution in [-0.4, -0.2) is 9.97 Å². The smallest absolute Gasteiger partial charge is 0.0972 e. The minimum atomic E-state index is 0.905. The van der Waals surface area contributed by atoms with E-state index in [0.29, 0.717) is 0 Å². The van der Waals surface area contributed by atoms with Crippen molar-refractivity contribution in [1.82, 2.24) is 9.97 Å². The first kappa shape index (κ1) is 37.8. The lowest BCUT2D eigenvalue weighted by Crippen LogP contribution is -1.94. The van der Waals surface area contributed by atoms with Crippen LogP contribution < -0.4 is 0 Å². The van der Waals surface area contributed by atoms with Gasteiger partial charge in [0.2, 0.25) is 0 Å². The highest BCUT2D eigenvalue weighted by Crippen LogP contribution is 2.47. The highest BCUT2D eigenvalue weighted by atomic mass is 14.8. The third-order valence-electron chi connectivity index (χ3n) is 13.4. The van der Waals surface area contributed by atoms with E-state index in [0.717, 1.165) is 44.3 Å². The summed E-state index contributed by atoms with van der Waals surface area (Å²) in [5, 5.41) is 11.9. The van der Waals surface area contributed by atoms with Gasteiger partial charge in [-0.25, -0.2) is 9.97 Å². The van der Waals surface area contributed by atoms with E-state index >= 15 is 0 Å². The summed E-state index contributed by atoms with van der Waals surface area (Å²) in [5.41, 5.74) is 15.6. The Morgan fingerprint density at radius 2 is 0.561 bits per heavy atom. The molecule has 0 saturated heterocycles. The van der Waals surface area contributed by atoms with Crippen LogP contribution in [0.15, 0.2) is 243 Å². The number of rotatable bonds is 6. The predicted molar refractivity (Wildman–Crippen MR) is 280 cm³/mol. The molecule has 2 aromatic heterocycles. The molecule has 0 N–H and O–H groups in total. The highest BCUT2D eigenvalue weighted by Gasteiger charge is 2.21. The normalized spacial score (nSPS) is 11.6. The van der Waals surface area contributed by atoms with Gasteiger partial charge in [0, 0.05) is 21.9 Å². The van der Waals surface area contributed by atoms with Crippen LogP contribution in [0.2, 0.25) is 0 Å². The molecule has 2 heteroatoms. The maximum atomic E-state index is 5.50. The van der Waals surface area contributed by atoms with Crippen LogP contribution in [0.1, 0.15) is 0 Å². The fraction of sp³-hybridized carbons (Fsp3) is 0. The van der Waals surface area contributed by atoms with Crippen LogP contribution in [-0.2, 0) is 0 Å². The Morgan fingerprint density at radius 1 is 0.197 bits per heavy atom. The lowest BCUT2D eigenvalue weighted by atomic mass is 9.84. The Labute approximate surface area is 382 Å². The topological polar surface area (TPSA) is 25.8 Å². The molecule has 0 aliphatic rings. The van der Waals surface area contributed by atoms with E-state index in [1.807, 2.05) is 6.07 Å². The summed E-state index contributed by atoms with van der Waals surface area (Å²) >= 11 is 0. The van der Waals surface area contributed by atoms with Crippen LogP contribution >= 0.6 is 0 Å². The summed E-state index contributed by atoms with van der Waals surface area (Å²) in [7, 11) is 0. The molecule has 0 aliphatic carbocycles. The van der Waals surface area contributed by atoms with Crippen molar-refractivity contribution in [3.63, 3.8) is 0 Å². The summed E-state index contributed by atoms with van der Waals surface area (Å²) in [4.78, 5) is 10.7. The quantitative estimate of drug-likeness (QED) is 0.123. The summed E-state index contributed by atoms with van der Waals surface area (Å²) in [6.45, 7) is 0. The highest BCUT2D eigenvalue weighted by molar-refractivity contribution is 6.23. The number of nitrogens with zero attached hydrogens (tertiary/aromatic N) is 2. The molecule has 0 amide bonds. The molecule has 13 aromatic rings. The molecule has 0 fully saturated rings. The fourth-order valence-corrected chi connectivity index (χ4v) is 10.4. The standard InChI is InChI=1S/C64H40N2/c1-4-17-41(18-5-1)57-37-34-44-31-32-45-35-38-58(66-64(45)63(44)65-57)62-53-29-14-12-27-51(53)61(52-28-13-15-30-54(52)62)48-24-16-23-46(39-48)47-33-36-55-56(40-47)60(43-21-8-3-9-22-43)50-26-11-10-25-49(50)59(55)42-19-6-2-7-20-42/h1-40H. The van der Waals surface area contributed by atoms with Crippen molar-refractivity contribution >= 4 is 64.9 Å². The number of hydrogen-bond acceptors (Lipinski definition) is 2. The first-order valence-corrected chi connectivity index (χ1v) is 22.6. The Balaban J connectivity index is 1.01. The molecule has 66 heavy (non-hydrogen) atoms. The minimum absolute atomic E-state index is 0.905. The second-order valence-corrected chi connectivity index (χ2v) is 17.2. The van der Waals surface area contributed by atoms with E-state index in [-0.39, 0.29) is 0 Å². The van der Waals surface area contributed by atoms with Gasteiger partial charge < -0.3 is 0 Å². The Morgan fingerprint density at radius 3 is 1.11 bits per heavy atom. The third kappa shape index (κ3) is 6.18. The number of fused-ring (bicyclic) bond motifs is 7. The van der Waals surface area contributed by atoms with Crippen LogP contribution in [0, 0.1) is 0 Å². The molecule has 0 radical (unpaired) electrons. The maximum absolute atomic E-state index is 5.50. The first-order valence-electron chi connectivity index (χ1n) is 22.6. The molecular formula is C64H40N2. The van der Waals surface area contributed by atoms with Gasteiger partial charge in [0.15, 0.2) is 0 Å². The van der Waals surface area contributed by atoms with E-state index in [4.69, 9.17) is 9.97 Å². The third-order valence-corrected chi connectivity index (χ3v) is 13.4. The van der Waals surface area contributed by atoms with Gasteiger partial charge in [0.25, 0.3) is 0 Å². The largest absolute Gasteiger partial charge is 0.245 e. The average molecular weight is 837 g/mol. The van der Waals surface area contributed by atoms with Gasteiger partial charge in [0.1, 0.15) is 0 Å². The van der Waals surface area contributed by atoms with Gasteiger partial charge in [0.05, 0.1) is 22.4 Å². The zero-order valence-corrected chi connectivity index (χ0v) is 36.0. The maximum Gasteiger partial charge on any atom is 0.0972 e.